The second-order valence-electron chi connectivity index (χ2n) is 5.30. The number of carbonyl (C=O) groups is 1. The minimum Gasteiger partial charge on any atom is -0.353 e. The van der Waals surface area contributed by atoms with Crippen LogP contribution in [0.3, 0.4) is 0 Å². The van der Waals surface area contributed by atoms with E-state index in [1.165, 1.54) is 6.42 Å². The minimum absolute atomic E-state index is 0.123. The Bertz CT molecular complexity index is 450. The molecule has 0 radical (unpaired) electrons. The quantitative estimate of drug-likeness (QED) is 0.847. The van der Waals surface area contributed by atoms with Crippen LogP contribution in [-0.2, 0) is 17.8 Å². The lowest BCUT2D eigenvalue weighted by molar-refractivity contribution is -0.121. The van der Waals surface area contributed by atoms with Gasteiger partial charge >= 0.3 is 0 Å². The third-order valence-corrected chi connectivity index (χ3v) is 5.07. The second-order valence-corrected chi connectivity index (χ2v) is 6.88. The summed E-state index contributed by atoms with van der Waals surface area (Å²) in [5.74, 6) is 1.29. The molecule has 1 aliphatic carbocycles. The summed E-state index contributed by atoms with van der Waals surface area (Å²) in [4.78, 5) is 12.1. The van der Waals surface area contributed by atoms with Crippen molar-refractivity contribution in [2.24, 2.45) is 5.73 Å². The van der Waals surface area contributed by atoms with E-state index in [0.29, 0.717) is 19.0 Å². The fraction of sp³-hybridized carbons (Fsp3) is 0.562. The smallest absolute Gasteiger partial charge is 0.224 e. The van der Waals surface area contributed by atoms with E-state index in [9.17, 15) is 4.79 Å². The Hall–Kier alpha value is -1.00. The molecule has 0 saturated heterocycles. The van der Waals surface area contributed by atoms with E-state index in [1.54, 1.807) is 0 Å². The summed E-state index contributed by atoms with van der Waals surface area (Å²) in [6.07, 6.45) is 3.89. The van der Waals surface area contributed by atoms with Crippen molar-refractivity contribution < 1.29 is 4.79 Å². The molecule has 0 bridgehead atoms. The van der Waals surface area contributed by atoms with Gasteiger partial charge in [0.2, 0.25) is 5.91 Å². The second kappa shape index (κ2) is 7.70. The third-order valence-electron chi connectivity index (χ3n) is 3.84. The van der Waals surface area contributed by atoms with E-state index in [-0.39, 0.29) is 5.91 Å². The molecule has 2 rings (SSSR count). The van der Waals surface area contributed by atoms with Crippen LogP contribution in [-0.4, -0.2) is 23.0 Å². The Morgan fingerprint density at radius 1 is 1.35 bits per heavy atom. The highest BCUT2D eigenvalue weighted by Crippen LogP contribution is 2.29. The van der Waals surface area contributed by atoms with Crippen LogP contribution in [0, 0.1) is 0 Å². The Kier molecular flexibility index (Phi) is 5.92. The predicted octanol–water partition coefficient (Wildman–Crippen LogP) is 2.48. The van der Waals surface area contributed by atoms with E-state index in [0.717, 1.165) is 35.0 Å². The van der Waals surface area contributed by atoms with Crippen molar-refractivity contribution in [3.63, 3.8) is 0 Å². The van der Waals surface area contributed by atoms with Crippen molar-refractivity contribution in [3.8, 4) is 0 Å². The Labute approximate surface area is 125 Å². The summed E-state index contributed by atoms with van der Waals surface area (Å²) in [6, 6.07) is 8.27. The van der Waals surface area contributed by atoms with Gasteiger partial charge in [0.1, 0.15) is 0 Å². The van der Waals surface area contributed by atoms with Crippen LogP contribution >= 0.6 is 11.8 Å². The van der Waals surface area contributed by atoms with E-state index in [2.05, 4.69) is 12.2 Å². The Balaban J connectivity index is 1.84. The van der Waals surface area contributed by atoms with Crippen molar-refractivity contribution >= 4 is 17.7 Å². The third kappa shape index (κ3) is 4.25. The fourth-order valence-corrected chi connectivity index (χ4v) is 3.98. The predicted molar refractivity (Wildman–Crippen MR) is 85.7 cm³/mol. The van der Waals surface area contributed by atoms with Gasteiger partial charge in [-0.1, -0.05) is 31.2 Å². The molecule has 3 nitrogen and oxygen atoms in total. The first-order chi connectivity index (χ1) is 9.72. The highest BCUT2D eigenvalue weighted by Gasteiger charge is 2.25. The van der Waals surface area contributed by atoms with Crippen LogP contribution in [0.25, 0.3) is 0 Å². The van der Waals surface area contributed by atoms with Crippen LogP contribution in [0.15, 0.2) is 24.3 Å². The molecule has 4 heteroatoms. The molecular formula is C16H24N2OS. The average molecular weight is 292 g/mol. The van der Waals surface area contributed by atoms with Gasteiger partial charge in [0.25, 0.3) is 0 Å². The summed E-state index contributed by atoms with van der Waals surface area (Å²) in [7, 11) is 0. The van der Waals surface area contributed by atoms with Gasteiger partial charge in [0, 0.05) is 17.8 Å². The molecule has 1 aliphatic rings. The number of amides is 1. The van der Waals surface area contributed by atoms with Gasteiger partial charge in [-0.25, -0.2) is 0 Å². The fourth-order valence-electron chi connectivity index (χ4n) is 2.84. The summed E-state index contributed by atoms with van der Waals surface area (Å²) in [5.41, 5.74) is 7.82. The Morgan fingerprint density at radius 2 is 2.10 bits per heavy atom. The first-order valence-electron chi connectivity index (χ1n) is 7.40. The van der Waals surface area contributed by atoms with Crippen LogP contribution < -0.4 is 11.1 Å². The number of hydrogen-bond donors (Lipinski definition) is 2. The first kappa shape index (κ1) is 15.4. The zero-order valence-electron chi connectivity index (χ0n) is 12.1. The molecule has 110 valence electrons. The summed E-state index contributed by atoms with van der Waals surface area (Å²) < 4.78 is 0. The average Bonchev–Trinajstić information content (AvgIpc) is 2.87. The van der Waals surface area contributed by atoms with E-state index in [1.807, 2.05) is 36.0 Å². The lowest BCUT2D eigenvalue weighted by Crippen LogP contribution is -2.34. The van der Waals surface area contributed by atoms with Gasteiger partial charge < -0.3 is 11.1 Å². The van der Waals surface area contributed by atoms with Gasteiger partial charge in [-0.2, -0.15) is 11.8 Å². The maximum Gasteiger partial charge on any atom is 0.224 e. The maximum atomic E-state index is 12.1. The van der Waals surface area contributed by atoms with Crippen molar-refractivity contribution in [3.05, 3.63) is 35.4 Å². The van der Waals surface area contributed by atoms with E-state index < -0.39 is 0 Å². The molecule has 2 unspecified atom stereocenters. The molecule has 3 N–H and O–H groups in total. The van der Waals surface area contributed by atoms with E-state index in [4.69, 9.17) is 5.73 Å². The largest absolute Gasteiger partial charge is 0.353 e. The highest BCUT2D eigenvalue weighted by molar-refractivity contribution is 7.99. The van der Waals surface area contributed by atoms with Crippen LogP contribution in [0.2, 0.25) is 0 Å². The van der Waals surface area contributed by atoms with Crippen molar-refractivity contribution in [1.82, 2.24) is 5.32 Å². The molecule has 0 heterocycles. The normalized spacial score (nSPS) is 21.9. The zero-order valence-corrected chi connectivity index (χ0v) is 12.9. The van der Waals surface area contributed by atoms with Crippen molar-refractivity contribution in [2.45, 2.75) is 50.4 Å². The molecular weight excluding hydrogens is 268 g/mol. The Morgan fingerprint density at radius 3 is 2.80 bits per heavy atom. The lowest BCUT2D eigenvalue weighted by Gasteiger charge is -2.14. The molecule has 1 aromatic rings. The molecule has 1 saturated carbocycles. The molecule has 0 aliphatic heterocycles. The topological polar surface area (TPSA) is 55.1 Å². The molecule has 2 atom stereocenters. The van der Waals surface area contributed by atoms with Crippen molar-refractivity contribution in [2.75, 3.05) is 5.75 Å². The molecule has 1 aromatic carbocycles. The number of nitrogens with one attached hydrogen (secondary N) is 1. The van der Waals surface area contributed by atoms with Crippen LogP contribution in [0.5, 0.6) is 0 Å². The number of thioether (sulfide) groups is 1. The maximum absolute atomic E-state index is 12.1. The standard InChI is InChI=1S/C16H24N2OS/c1-2-20-15-8-7-14(10-15)18-16(19)9-12-5-3-4-6-13(12)11-17/h3-6,14-15H,2,7-11,17H2,1H3,(H,18,19). The van der Waals surface area contributed by atoms with Gasteiger partial charge in [-0.3, -0.25) is 4.79 Å². The van der Waals surface area contributed by atoms with Gasteiger partial charge in [0.05, 0.1) is 6.42 Å². The van der Waals surface area contributed by atoms with E-state index >= 15 is 0 Å². The van der Waals surface area contributed by atoms with Crippen molar-refractivity contribution in [1.29, 1.82) is 0 Å². The number of nitrogens with two attached hydrogens (primary N) is 1. The molecule has 1 fully saturated rings. The number of hydrogen-bond acceptors (Lipinski definition) is 3. The highest BCUT2D eigenvalue weighted by atomic mass is 32.2. The summed E-state index contributed by atoms with van der Waals surface area (Å²) in [6.45, 7) is 2.68. The summed E-state index contributed by atoms with van der Waals surface area (Å²) >= 11 is 2.01. The molecule has 0 spiro atoms. The monoisotopic (exact) mass is 292 g/mol. The SMILES string of the molecule is CCSC1CCC(NC(=O)Cc2ccccc2CN)C1. The van der Waals surface area contributed by atoms with Gasteiger partial charge in [-0.05, 0) is 36.1 Å². The molecule has 20 heavy (non-hydrogen) atoms. The number of rotatable bonds is 6. The molecule has 1 amide bonds. The van der Waals surface area contributed by atoms with Crippen LogP contribution in [0.4, 0.5) is 0 Å². The first-order valence-corrected chi connectivity index (χ1v) is 8.45. The lowest BCUT2D eigenvalue weighted by atomic mass is 10.0. The van der Waals surface area contributed by atoms with Gasteiger partial charge in [0.15, 0.2) is 0 Å². The zero-order chi connectivity index (χ0) is 14.4. The van der Waals surface area contributed by atoms with Gasteiger partial charge in [-0.15, -0.1) is 0 Å². The minimum atomic E-state index is 0.123. The summed E-state index contributed by atoms with van der Waals surface area (Å²) in [5, 5.41) is 3.90. The number of carbonyl (C=O) groups excluding carboxylic acids is 1. The van der Waals surface area contributed by atoms with Crippen LogP contribution in [0.1, 0.15) is 37.3 Å². The molecule has 0 aromatic heterocycles. The number of benzene rings is 1.